The van der Waals surface area contributed by atoms with Crippen molar-refractivity contribution in [2.75, 3.05) is 33.3 Å². The number of rotatable bonds is 6. The zero-order chi connectivity index (χ0) is 17.7. The predicted molar refractivity (Wildman–Crippen MR) is 92.5 cm³/mol. The minimum atomic E-state index is -3.53. The van der Waals surface area contributed by atoms with Crippen LogP contribution in [-0.2, 0) is 14.8 Å². The van der Waals surface area contributed by atoms with Crippen molar-refractivity contribution in [2.24, 2.45) is 5.92 Å². The van der Waals surface area contributed by atoms with Crippen LogP contribution >= 0.6 is 0 Å². The van der Waals surface area contributed by atoms with E-state index >= 15 is 0 Å². The van der Waals surface area contributed by atoms with Gasteiger partial charge in [-0.15, -0.1) is 0 Å². The first-order chi connectivity index (χ1) is 11.4. The van der Waals surface area contributed by atoms with Gasteiger partial charge < -0.3 is 10.1 Å². The van der Waals surface area contributed by atoms with Gasteiger partial charge in [0.25, 0.3) is 0 Å². The highest BCUT2D eigenvalue weighted by Crippen LogP contribution is 2.26. The maximum atomic E-state index is 12.9. The van der Waals surface area contributed by atoms with Crippen LogP contribution in [0.5, 0.6) is 0 Å². The van der Waals surface area contributed by atoms with Gasteiger partial charge in [-0.3, -0.25) is 0 Å². The van der Waals surface area contributed by atoms with Crippen molar-refractivity contribution >= 4 is 16.0 Å². The summed E-state index contributed by atoms with van der Waals surface area (Å²) in [4.78, 5) is 11.8. The molecule has 0 aliphatic carbocycles. The highest BCUT2D eigenvalue weighted by molar-refractivity contribution is 7.89. The molecule has 0 aromatic heterocycles. The number of aryl methyl sites for hydroxylation is 1. The standard InChI is InChI=1S/C17H26N2O4S/c1-4-18-12-14-7-9-19(10-8-14)24(21,22)16-6-5-15(11-13(16)2)17(20)23-3/h5-6,11,14,18H,4,7-10,12H2,1-3H3. The van der Waals surface area contributed by atoms with Gasteiger partial charge in [0.2, 0.25) is 10.0 Å². The molecule has 6 nitrogen and oxygen atoms in total. The van der Waals surface area contributed by atoms with Crippen molar-refractivity contribution < 1.29 is 17.9 Å². The molecule has 1 aliphatic rings. The quantitative estimate of drug-likeness (QED) is 0.788. The Balaban J connectivity index is 2.12. The normalized spacial score (nSPS) is 17.0. The van der Waals surface area contributed by atoms with E-state index in [-0.39, 0.29) is 4.90 Å². The number of nitrogens with zero attached hydrogens (tertiary/aromatic N) is 1. The van der Waals surface area contributed by atoms with Crippen LogP contribution in [0.3, 0.4) is 0 Å². The fourth-order valence-corrected chi connectivity index (χ4v) is 4.70. The number of piperidine rings is 1. The smallest absolute Gasteiger partial charge is 0.337 e. The summed E-state index contributed by atoms with van der Waals surface area (Å²) in [6.45, 7) is 6.73. The summed E-state index contributed by atoms with van der Waals surface area (Å²) in [5.74, 6) is 0.0606. The summed E-state index contributed by atoms with van der Waals surface area (Å²) in [6, 6.07) is 4.57. The highest BCUT2D eigenvalue weighted by Gasteiger charge is 2.30. The maximum absolute atomic E-state index is 12.9. The minimum Gasteiger partial charge on any atom is -0.465 e. The second-order valence-electron chi connectivity index (χ2n) is 6.13. The molecule has 24 heavy (non-hydrogen) atoms. The molecule has 1 fully saturated rings. The lowest BCUT2D eigenvalue weighted by molar-refractivity contribution is 0.0600. The van der Waals surface area contributed by atoms with Gasteiger partial charge in [0.1, 0.15) is 0 Å². The number of ether oxygens (including phenoxy) is 1. The minimum absolute atomic E-state index is 0.264. The van der Waals surface area contributed by atoms with Crippen LogP contribution < -0.4 is 5.32 Å². The van der Waals surface area contributed by atoms with Crippen molar-refractivity contribution in [1.82, 2.24) is 9.62 Å². The summed E-state index contributed by atoms with van der Waals surface area (Å²) in [5, 5.41) is 3.32. The zero-order valence-corrected chi connectivity index (χ0v) is 15.4. The molecule has 0 bridgehead atoms. The van der Waals surface area contributed by atoms with E-state index in [1.54, 1.807) is 17.3 Å². The summed E-state index contributed by atoms with van der Waals surface area (Å²) >= 11 is 0. The van der Waals surface area contributed by atoms with Crippen molar-refractivity contribution in [3.63, 3.8) is 0 Å². The fourth-order valence-electron chi connectivity index (χ4n) is 3.02. The molecule has 134 valence electrons. The van der Waals surface area contributed by atoms with Crippen molar-refractivity contribution in [3.8, 4) is 0 Å². The topological polar surface area (TPSA) is 75.7 Å². The third-order valence-corrected chi connectivity index (χ3v) is 6.53. The number of hydrogen-bond acceptors (Lipinski definition) is 5. The van der Waals surface area contributed by atoms with Gasteiger partial charge in [-0.05, 0) is 62.5 Å². The Bertz CT molecular complexity index is 680. The Hall–Kier alpha value is -1.44. The lowest BCUT2D eigenvalue weighted by Crippen LogP contribution is -2.40. The zero-order valence-electron chi connectivity index (χ0n) is 14.5. The molecule has 1 aliphatic heterocycles. The Morgan fingerprint density at radius 1 is 1.33 bits per heavy atom. The summed E-state index contributed by atoms with van der Waals surface area (Å²) in [5.41, 5.74) is 0.922. The number of nitrogens with one attached hydrogen (secondary N) is 1. The van der Waals surface area contributed by atoms with Crippen LogP contribution in [0.25, 0.3) is 0 Å². The molecule has 7 heteroatoms. The second kappa shape index (κ2) is 8.09. The van der Waals surface area contributed by atoms with E-state index in [0.717, 1.165) is 25.9 Å². The van der Waals surface area contributed by atoms with E-state index in [1.807, 2.05) is 0 Å². The Kier molecular flexibility index (Phi) is 6.37. The lowest BCUT2D eigenvalue weighted by atomic mass is 9.98. The van der Waals surface area contributed by atoms with E-state index in [9.17, 15) is 13.2 Å². The second-order valence-corrected chi connectivity index (χ2v) is 8.03. The molecule has 1 heterocycles. The van der Waals surface area contributed by atoms with Crippen LogP contribution in [0.4, 0.5) is 0 Å². The van der Waals surface area contributed by atoms with Gasteiger partial charge in [-0.2, -0.15) is 4.31 Å². The number of carbonyl (C=O) groups excluding carboxylic acids is 1. The van der Waals surface area contributed by atoms with E-state index in [2.05, 4.69) is 17.0 Å². The third kappa shape index (κ3) is 4.15. The highest BCUT2D eigenvalue weighted by atomic mass is 32.2. The van der Waals surface area contributed by atoms with E-state index in [1.165, 1.54) is 19.2 Å². The first-order valence-electron chi connectivity index (χ1n) is 8.30. The van der Waals surface area contributed by atoms with Gasteiger partial charge in [-0.1, -0.05) is 6.92 Å². The summed E-state index contributed by atoms with van der Waals surface area (Å²) in [7, 11) is -2.22. The first-order valence-corrected chi connectivity index (χ1v) is 9.74. The van der Waals surface area contributed by atoms with Gasteiger partial charge in [0.05, 0.1) is 17.6 Å². The number of carbonyl (C=O) groups is 1. The average Bonchev–Trinajstić information content (AvgIpc) is 2.59. The molecule has 0 atom stereocenters. The van der Waals surface area contributed by atoms with Crippen LogP contribution in [0.1, 0.15) is 35.7 Å². The van der Waals surface area contributed by atoms with Gasteiger partial charge >= 0.3 is 5.97 Å². The summed E-state index contributed by atoms with van der Waals surface area (Å²) in [6.07, 6.45) is 1.73. The maximum Gasteiger partial charge on any atom is 0.337 e. The molecule has 0 amide bonds. The molecule has 0 unspecified atom stereocenters. The Morgan fingerprint density at radius 3 is 2.54 bits per heavy atom. The molecule has 0 spiro atoms. The number of methoxy groups -OCH3 is 1. The van der Waals surface area contributed by atoms with Gasteiger partial charge in [0.15, 0.2) is 0 Å². The predicted octanol–water partition coefficient (Wildman–Crippen LogP) is 1.79. The summed E-state index contributed by atoms with van der Waals surface area (Å²) < 4.78 is 32.0. The molecule has 0 radical (unpaired) electrons. The van der Waals surface area contributed by atoms with Crippen LogP contribution in [0.2, 0.25) is 0 Å². The van der Waals surface area contributed by atoms with Gasteiger partial charge in [0, 0.05) is 13.1 Å². The fraction of sp³-hybridized carbons (Fsp3) is 0.588. The molecule has 0 saturated carbocycles. The molecular weight excluding hydrogens is 328 g/mol. The number of hydrogen-bond donors (Lipinski definition) is 1. The van der Waals surface area contributed by atoms with E-state index < -0.39 is 16.0 Å². The van der Waals surface area contributed by atoms with Crippen LogP contribution in [0, 0.1) is 12.8 Å². The Morgan fingerprint density at radius 2 is 2.00 bits per heavy atom. The molecule has 1 saturated heterocycles. The third-order valence-electron chi connectivity index (χ3n) is 4.47. The number of sulfonamides is 1. The largest absolute Gasteiger partial charge is 0.465 e. The van der Waals surface area contributed by atoms with Crippen LogP contribution in [-0.4, -0.2) is 52.0 Å². The average molecular weight is 354 g/mol. The number of benzene rings is 1. The molecule has 1 N–H and O–H groups in total. The van der Waals surface area contributed by atoms with Crippen molar-refractivity contribution in [3.05, 3.63) is 29.3 Å². The van der Waals surface area contributed by atoms with E-state index in [4.69, 9.17) is 0 Å². The molecule has 1 aromatic carbocycles. The lowest BCUT2D eigenvalue weighted by Gasteiger charge is -2.31. The van der Waals surface area contributed by atoms with Gasteiger partial charge in [-0.25, -0.2) is 13.2 Å². The molecule has 1 aromatic rings. The van der Waals surface area contributed by atoms with Crippen LogP contribution in [0.15, 0.2) is 23.1 Å². The van der Waals surface area contributed by atoms with Crippen molar-refractivity contribution in [2.45, 2.75) is 31.6 Å². The monoisotopic (exact) mass is 354 g/mol. The van der Waals surface area contributed by atoms with Crippen molar-refractivity contribution in [1.29, 1.82) is 0 Å². The number of esters is 1. The van der Waals surface area contributed by atoms with E-state index in [0.29, 0.717) is 30.1 Å². The first kappa shape index (κ1) is 18.9. The Labute approximate surface area is 144 Å². The molecular formula is C17H26N2O4S. The SMILES string of the molecule is CCNCC1CCN(S(=O)(=O)c2ccc(C(=O)OC)cc2C)CC1. The molecule has 2 rings (SSSR count).